The number of halogens is 1. The van der Waals surface area contributed by atoms with Crippen molar-refractivity contribution in [2.75, 3.05) is 56.7 Å². The number of ether oxygens (including phenoxy) is 2. The average molecular weight is 432 g/mol. The molecule has 1 aliphatic heterocycles. The molecule has 0 aliphatic carbocycles. The molecule has 0 saturated carbocycles. The maximum absolute atomic E-state index is 13.0. The van der Waals surface area contributed by atoms with E-state index in [0.29, 0.717) is 35.3 Å². The third kappa shape index (κ3) is 5.37. The average Bonchev–Trinajstić information content (AvgIpc) is 2.74. The molecule has 1 N–H and O–H groups in total. The normalized spacial score (nSPS) is 14.5. The van der Waals surface area contributed by atoms with Crippen LogP contribution in [0.15, 0.2) is 36.4 Å². The lowest BCUT2D eigenvalue weighted by Crippen LogP contribution is -2.44. The van der Waals surface area contributed by atoms with Crippen molar-refractivity contribution in [2.45, 2.75) is 20.3 Å². The van der Waals surface area contributed by atoms with Crippen LogP contribution in [0.5, 0.6) is 11.5 Å². The number of hydrogen-bond acceptors (Lipinski definition) is 5. The number of carbonyl (C=O) groups is 1. The number of anilines is 2. The second-order valence-electron chi connectivity index (χ2n) is 7.33. The largest absolute Gasteiger partial charge is 0.490 e. The van der Waals surface area contributed by atoms with Gasteiger partial charge in [-0.15, -0.1) is 0 Å². The third-order valence-electron chi connectivity index (χ3n) is 5.02. The Morgan fingerprint density at radius 1 is 1.10 bits per heavy atom. The minimum atomic E-state index is -0.235. The van der Waals surface area contributed by atoms with Crippen LogP contribution in [-0.4, -0.2) is 57.2 Å². The topological polar surface area (TPSA) is 54.0 Å². The molecule has 1 amide bonds. The van der Waals surface area contributed by atoms with Gasteiger partial charge < -0.3 is 24.6 Å². The zero-order valence-electron chi connectivity index (χ0n) is 17.9. The fourth-order valence-corrected chi connectivity index (χ4v) is 3.67. The van der Waals surface area contributed by atoms with Gasteiger partial charge in [0.05, 0.1) is 29.6 Å². The van der Waals surface area contributed by atoms with Gasteiger partial charge in [-0.05, 0) is 44.7 Å². The lowest BCUT2D eigenvalue weighted by molar-refractivity contribution is 0.102. The van der Waals surface area contributed by atoms with E-state index in [0.717, 1.165) is 44.0 Å². The van der Waals surface area contributed by atoms with Crippen LogP contribution in [0.1, 0.15) is 30.6 Å². The lowest BCUT2D eigenvalue weighted by atomic mass is 10.1. The first-order valence-corrected chi connectivity index (χ1v) is 10.8. The number of benzene rings is 2. The molecule has 3 rings (SSSR count). The van der Waals surface area contributed by atoms with Crippen LogP contribution in [-0.2, 0) is 0 Å². The Balaban J connectivity index is 1.82. The van der Waals surface area contributed by atoms with E-state index >= 15 is 0 Å². The standard InChI is InChI=1S/C23H30ClN3O3/c1-4-14-30-22-18(24)15-17(16-21(22)29-5-2)23(28)25-19-8-6-7-9-20(19)27-12-10-26(3)11-13-27/h6-9,15-16H,4-5,10-14H2,1-3H3,(H,25,28). The monoisotopic (exact) mass is 431 g/mol. The highest BCUT2D eigenvalue weighted by Crippen LogP contribution is 2.37. The molecule has 30 heavy (non-hydrogen) atoms. The fraction of sp³-hybridized carbons (Fsp3) is 0.435. The van der Waals surface area contributed by atoms with E-state index in [1.54, 1.807) is 12.1 Å². The number of rotatable bonds is 8. The van der Waals surface area contributed by atoms with E-state index in [1.807, 2.05) is 38.1 Å². The van der Waals surface area contributed by atoms with Crippen LogP contribution in [0.3, 0.4) is 0 Å². The number of nitrogens with zero attached hydrogens (tertiary/aromatic N) is 2. The van der Waals surface area contributed by atoms with Gasteiger partial charge in [-0.25, -0.2) is 0 Å². The number of carbonyl (C=O) groups excluding carboxylic acids is 1. The van der Waals surface area contributed by atoms with Crippen molar-refractivity contribution in [1.82, 2.24) is 4.90 Å². The minimum absolute atomic E-state index is 0.235. The first-order chi connectivity index (χ1) is 14.5. The summed E-state index contributed by atoms with van der Waals surface area (Å²) in [5, 5.41) is 3.41. The predicted octanol–water partition coefficient (Wildman–Crippen LogP) is 4.53. The lowest BCUT2D eigenvalue weighted by Gasteiger charge is -2.35. The molecular weight excluding hydrogens is 402 g/mol. The SMILES string of the molecule is CCCOc1c(Cl)cc(C(=O)Nc2ccccc2N2CCN(C)CC2)cc1OCC. The minimum Gasteiger partial charge on any atom is -0.490 e. The van der Waals surface area contributed by atoms with E-state index in [-0.39, 0.29) is 5.91 Å². The molecular formula is C23H30ClN3O3. The first-order valence-electron chi connectivity index (χ1n) is 10.5. The van der Waals surface area contributed by atoms with Gasteiger partial charge in [-0.2, -0.15) is 0 Å². The Kier molecular flexibility index (Phi) is 7.82. The molecule has 0 aromatic heterocycles. The van der Waals surface area contributed by atoms with Crippen molar-refractivity contribution in [2.24, 2.45) is 0 Å². The summed E-state index contributed by atoms with van der Waals surface area (Å²) in [6.07, 6.45) is 0.854. The van der Waals surface area contributed by atoms with Crippen LogP contribution in [0.4, 0.5) is 11.4 Å². The van der Waals surface area contributed by atoms with Crippen molar-refractivity contribution in [3.8, 4) is 11.5 Å². The van der Waals surface area contributed by atoms with Gasteiger partial charge in [0, 0.05) is 31.7 Å². The maximum Gasteiger partial charge on any atom is 0.255 e. The highest BCUT2D eigenvalue weighted by molar-refractivity contribution is 6.32. The smallest absolute Gasteiger partial charge is 0.255 e. The van der Waals surface area contributed by atoms with Gasteiger partial charge >= 0.3 is 0 Å². The highest BCUT2D eigenvalue weighted by atomic mass is 35.5. The van der Waals surface area contributed by atoms with Gasteiger partial charge in [-0.1, -0.05) is 30.7 Å². The van der Waals surface area contributed by atoms with Crippen LogP contribution in [0, 0.1) is 0 Å². The Hall–Kier alpha value is -2.44. The Bertz CT molecular complexity index is 867. The summed E-state index contributed by atoms with van der Waals surface area (Å²) in [5.41, 5.74) is 2.24. The van der Waals surface area contributed by atoms with Crippen molar-refractivity contribution in [1.29, 1.82) is 0 Å². The van der Waals surface area contributed by atoms with Gasteiger partial charge in [0.25, 0.3) is 5.91 Å². The summed E-state index contributed by atoms with van der Waals surface area (Å²) >= 11 is 6.42. The van der Waals surface area contributed by atoms with Crippen molar-refractivity contribution >= 4 is 28.9 Å². The molecule has 0 unspecified atom stereocenters. The Morgan fingerprint density at radius 2 is 1.83 bits per heavy atom. The molecule has 1 heterocycles. The molecule has 2 aromatic carbocycles. The number of amides is 1. The van der Waals surface area contributed by atoms with Gasteiger partial charge in [0.15, 0.2) is 11.5 Å². The van der Waals surface area contributed by atoms with Crippen molar-refractivity contribution in [3.63, 3.8) is 0 Å². The molecule has 0 radical (unpaired) electrons. The van der Waals surface area contributed by atoms with Crippen LogP contribution in [0.2, 0.25) is 5.02 Å². The van der Waals surface area contributed by atoms with Gasteiger partial charge in [-0.3, -0.25) is 4.79 Å². The van der Waals surface area contributed by atoms with Crippen LogP contribution < -0.4 is 19.7 Å². The molecule has 162 valence electrons. The van der Waals surface area contributed by atoms with Gasteiger partial charge in [0.1, 0.15) is 0 Å². The Morgan fingerprint density at radius 3 is 2.53 bits per heavy atom. The van der Waals surface area contributed by atoms with E-state index in [9.17, 15) is 4.79 Å². The number of nitrogens with one attached hydrogen (secondary N) is 1. The number of para-hydroxylation sites is 2. The van der Waals surface area contributed by atoms with E-state index < -0.39 is 0 Å². The second kappa shape index (κ2) is 10.5. The number of likely N-dealkylation sites (N-methyl/N-ethyl adjacent to an activating group) is 1. The quantitative estimate of drug-likeness (QED) is 0.665. The summed E-state index contributed by atoms with van der Waals surface area (Å²) < 4.78 is 11.4. The van der Waals surface area contributed by atoms with Crippen LogP contribution >= 0.6 is 11.6 Å². The highest BCUT2D eigenvalue weighted by Gasteiger charge is 2.20. The zero-order chi connectivity index (χ0) is 21.5. The molecule has 1 fully saturated rings. The van der Waals surface area contributed by atoms with Crippen LogP contribution in [0.25, 0.3) is 0 Å². The maximum atomic E-state index is 13.0. The summed E-state index contributed by atoms with van der Waals surface area (Å²) in [4.78, 5) is 17.6. The first kappa shape index (κ1) is 22.2. The molecule has 0 atom stereocenters. The summed E-state index contributed by atoms with van der Waals surface area (Å²) in [5.74, 6) is 0.729. The molecule has 7 heteroatoms. The van der Waals surface area contributed by atoms with Crippen molar-refractivity contribution in [3.05, 3.63) is 47.0 Å². The fourth-order valence-electron chi connectivity index (χ4n) is 3.40. The third-order valence-corrected chi connectivity index (χ3v) is 5.30. The summed E-state index contributed by atoms with van der Waals surface area (Å²) in [7, 11) is 2.12. The molecule has 6 nitrogen and oxygen atoms in total. The molecule has 1 aliphatic rings. The van der Waals surface area contributed by atoms with E-state index in [2.05, 4.69) is 22.2 Å². The Labute approximate surface area is 183 Å². The summed E-state index contributed by atoms with van der Waals surface area (Å²) in [6.45, 7) is 8.73. The van der Waals surface area contributed by atoms with E-state index in [1.165, 1.54) is 0 Å². The number of piperazine rings is 1. The predicted molar refractivity (Wildman–Crippen MR) is 123 cm³/mol. The molecule has 0 bridgehead atoms. The molecule has 0 spiro atoms. The zero-order valence-corrected chi connectivity index (χ0v) is 18.7. The summed E-state index contributed by atoms with van der Waals surface area (Å²) in [6, 6.07) is 11.2. The van der Waals surface area contributed by atoms with Gasteiger partial charge in [0.2, 0.25) is 0 Å². The van der Waals surface area contributed by atoms with E-state index in [4.69, 9.17) is 21.1 Å². The van der Waals surface area contributed by atoms with Crippen molar-refractivity contribution < 1.29 is 14.3 Å². The second-order valence-corrected chi connectivity index (χ2v) is 7.74. The number of hydrogen-bond donors (Lipinski definition) is 1. The molecule has 2 aromatic rings. The molecule has 1 saturated heterocycles.